The molecule has 3 aliphatic carbocycles. The third kappa shape index (κ3) is 1.04. The van der Waals surface area contributed by atoms with Gasteiger partial charge in [0, 0.05) is 26.8 Å². The average Bonchev–Trinajstić information content (AvgIpc) is 2.82. The number of nitrogens with zero attached hydrogens (tertiary/aromatic N) is 2. The molecule has 1 fully saturated rings. The monoisotopic (exact) mass is 288 g/mol. The van der Waals surface area contributed by atoms with Crippen LogP contribution in [0.3, 0.4) is 0 Å². The zero-order valence-electron chi connectivity index (χ0n) is 9.54. The van der Waals surface area contributed by atoms with Crippen LogP contribution in [0.5, 0.6) is 0 Å². The first-order chi connectivity index (χ1) is 8.21. The van der Waals surface area contributed by atoms with Crippen LogP contribution in [0, 0.1) is 33.5 Å². The molecule has 0 aromatic heterocycles. The molecule has 3 atom stereocenters. The van der Waals surface area contributed by atoms with Gasteiger partial charge in [-0.3, -0.25) is 0 Å². The van der Waals surface area contributed by atoms with E-state index >= 15 is 0 Å². The topological polar surface area (TPSA) is 47.6 Å². The third-order valence-electron chi connectivity index (χ3n) is 4.95. The number of alkyl halides is 1. The van der Waals surface area contributed by atoms with Gasteiger partial charge in [0.1, 0.15) is 0 Å². The van der Waals surface area contributed by atoms with Crippen molar-refractivity contribution in [3.63, 3.8) is 0 Å². The third-order valence-corrected chi connectivity index (χ3v) is 6.00. The predicted molar refractivity (Wildman–Crippen MR) is 68.1 cm³/mol. The maximum absolute atomic E-state index is 9.38. The Balaban J connectivity index is 2.21. The van der Waals surface area contributed by atoms with Crippen LogP contribution in [0.4, 0.5) is 0 Å². The van der Waals surface area contributed by atoms with E-state index in [2.05, 4.69) is 40.2 Å². The van der Waals surface area contributed by atoms with Gasteiger partial charge in [-0.15, -0.1) is 0 Å². The summed E-state index contributed by atoms with van der Waals surface area (Å²) in [5, 5.41) is 18.8. The summed E-state index contributed by atoms with van der Waals surface area (Å²) in [5.41, 5.74) is 1.62. The summed E-state index contributed by atoms with van der Waals surface area (Å²) in [7, 11) is 0. The number of halogens is 1. The van der Waals surface area contributed by atoms with Gasteiger partial charge < -0.3 is 0 Å². The van der Waals surface area contributed by atoms with Gasteiger partial charge in [-0.1, -0.05) is 40.9 Å². The summed E-state index contributed by atoms with van der Waals surface area (Å²) in [6.45, 7) is 0. The van der Waals surface area contributed by atoms with Crippen molar-refractivity contribution < 1.29 is 0 Å². The molecule has 0 aromatic carbocycles. The highest BCUT2D eigenvalue weighted by Crippen LogP contribution is 2.70. The Labute approximate surface area is 110 Å². The summed E-state index contributed by atoms with van der Waals surface area (Å²) in [6.07, 6.45) is 9.42. The number of allylic oxidation sites excluding steroid dienone is 4. The van der Waals surface area contributed by atoms with Crippen LogP contribution in [0.1, 0.15) is 32.1 Å². The fourth-order valence-electron chi connectivity index (χ4n) is 4.20. The second-order valence-electron chi connectivity index (χ2n) is 5.29. The molecule has 17 heavy (non-hydrogen) atoms. The molecule has 3 rings (SSSR count). The molecule has 0 aliphatic heterocycles. The predicted octanol–water partition coefficient (Wildman–Crippen LogP) is 3.61. The number of rotatable bonds is 0. The number of hydrogen-bond acceptors (Lipinski definition) is 2. The lowest BCUT2D eigenvalue weighted by molar-refractivity contribution is 0.104. The van der Waals surface area contributed by atoms with Crippen molar-refractivity contribution in [1.29, 1.82) is 10.5 Å². The quantitative estimate of drug-likeness (QED) is 0.639. The Morgan fingerprint density at radius 2 is 1.88 bits per heavy atom. The van der Waals surface area contributed by atoms with Crippen molar-refractivity contribution >= 4 is 15.9 Å². The van der Waals surface area contributed by atoms with Gasteiger partial charge >= 0.3 is 0 Å². The van der Waals surface area contributed by atoms with Crippen LogP contribution in [0.15, 0.2) is 23.3 Å². The van der Waals surface area contributed by atoms with E-state index in [-0.39, 0.29) is 15.7 Å². The minimum atomic E-state index is -0.120. The van der Waals surface area contributed by atoms with Crippen molar-refractivity contribution in [2.75, 3.05) is 0 Å². The van der Waals surface area contributed by atoms with Crippen molar-refractivity contribution in [2.45, 2.75) is 36.9 Å². The second kappa shape index (κ2) is 3.47. The number of nitriles is 2. The highest BCUT2D eigenvalue weighted by molar-refractivity contribution is 9.09. The van der Waals surface area contributed by atoms with Crippen molar-refractivity contribution in [1.82, 2.24) is 0 Å². The lowest BCUT2D eigenvalue weighted by Gasteiger charge is -2.48. The van der Waals surface area contributed by atoms with E-state index < -0.39 is 0 Å². The highest BCUT2D eigenvalue weighted by Gasteiger charge is 2.65. The van der Waals surface area contributed by atoms with E-state index in [9.17, 15) is 10.5 Å². The SMILES string of the molecule is N#CC1=C[C@@H](Br)[C@]23CCCC[C@]12CC=C3C#N. The summed E-state index contributed by atoms with van der Waals surface area (Å²) in [6, 6.07) is 4.77. The molecule has 0 heterocycles. The number of hydrogen-bond donors (Lipinski definition) is 0. The standard InChI is InChI=1S/C14H13BrN2/c15-12-7-11(9-17)13-4-1-2-5-14(12,13)10(8-16)3-6-13/h3,7,12H,1-2,4-6H2/t12-,13+,14-/m1/s1. The first kappa shape index (κ1) is 11.1. The van der Waals surface area contributed by atoms with Gasteiger partial charge in [-0.05, 0) is 19.3 Å². The van der Waals surface area contributed by atoms with E-state index in [1.165, 1.54) is 6.42 Å². The Hall–Kier alpha value is -1.06. The normalized spacial score (nSPS) is 42.9. The van der Waals surface area contributed by atoms with Crippen LogP contribution < -0.4 is 0 Å². The average molecular weight is 289 g/mol. The van der Waals surface area contributed by atoms with Crippen LogP contribution in [-0.2, 0) is 0 Å². The maximum Gasteiger partial charge on any atom is 0.0950 e. The van der Waals surface area contributed by atoms with Crippen LogP contribution in [0.2, 0.25) is 0 Å². The molecule has 0 amide bonds. The molecular weight excluding hydrogens is 276 g/mol. The molecule has 0 unspecified atom stereocenters. The molecule has 0 radical (unpaired) electrons. The largest absolute Gasteiger partial charge is 0.193 e. The van der Waals surface area contributed by atoms with Gasteiger partial charge in [0.25, 0.3) is 0 Å². The Kier molecular flexibility index (Phi) is 2.25. The molecule has 0 spiro atoms. The maximum atomic E-state index is 9.38. The zero-order chi connectivity index (χ0) is 12.1. The fraction of sp³-hybridized carbons (Fsp3) is 0.571. The van der Waals surface area contributed by atoms with E-state index in [0.717, 1.165) is 36.8 Å². The zero-order valence-corrected chi connectivity index (χ0v) is 11.1. The summed E-state index contributed by atoms with van der Waals surface area (Å²) in [4.78, 5) is 0.151. The highest BCUT2D eigenvalue weighted by atomic mass is 79.9. The van der Waals surface area contributed by atoms with E-state index in [0.29, 0.717) is 0 Å². The summed E-state index contributed by atoms with van der Waals surface area (Å²) >= 11 is 3.72. The minimum absolute atomic E-state index is 0.0702. The van der Waals surface area contributed by atoms with E-state index in [4.69, 9.17) is 0 Å². The van der Waals surface area contributed by atoms with Crippen molar-refractivity contribution in [3.8, 4) is 12.1 Å². The van der Waals surface area contributed by atoms with Gasteiger partial charge in [-0.25, -0.2) is 0 Å². The second-order valence-corrected chi connectivity index (χ2v) is 6.27. The molecule has 2 nitrogen and oxygen atoms in total. The first-order valence-electron chi connectivity index (χ1n) is 6.08. The molecular formula is C14H13BrN2. The van der Waals surface area contributed by atoms with Gasteiger partial charge in [0.2, 0.25) is 0 Å². The molecule has 0 aromatic rings. The molecule has 0 bridgehead atoms. The molecule has 86 valence electrons. The van der Waals surface area contributed by atoms with E-state index in [1.807, 2.05) is 0 Å². The smallest absolute Gasteiger partial charge is 0.0950 e. The van der Waals surface area contributed by atoms with Gasteiger partial charge in [0.15, 0.2) is 0 Å². The Morgan fingerprint density at radius 1 is 1.18 bits per heavy atom. The first-order valence-corrected chi connectivity index (χ1v) is 7.00. The lowest BCUT2D eigenvalue weighted by atomic mass is 9.55. The lowest BCUT2D eigenvalue weighted by Crippen LogP contribution is -2.44. The van der Waals surface area contributed by atoms with Crippen LogP contribution in [0.25, 0.3) is 0 Å². The van der Waals surface area contributed by atoms with Crippen LogP contribution >= 0.6 is 15.9 Å². The molecule has 3 heteroatoms. The van der Waals surface area contributed by atoms with Gasteiger partial charge in [-0.2, -0.15) is 10.5 Å². The molecule has 3 aliphatic rings. The molecule has 1 saturated carbocycles. The van der Waals surface area contributed by atoms with Crippen LogP contribution in [-0.4, -0.2) is 4.83 Å². The molecule has 0 N–H and O–H groups in total. The Bertz CT molecular complexity index is 519. The minimum Gasteiger partial charge on any atom is -0.193 e. The molecule has 0 saturated heterocycles. The summed E-state index contributed by atoms with van der Waals surface area (Å²) in [5.74, 6) is 0. The van der Waals surface area contributed by atoms with Gasteiger partial charge in [0.05, 0.1) is 12.1 Å². The van der Waals surface area contributed by atoms with E-state index in [1.54, 1.807) is 0 Å². The Morgan fingerprint density at radius 3 is 2.59 bits per heavy atom. The summed E-state index contributed by atoms with van der Waals surface area (Å²) < 4.78 is 0. The van der Waals surface area contributed by atoms with Crippen molar-refractivity contribution in [3.05, 3.63) is 23.3 Å². The fourth-order valence-corrected chi connectivity index (χ4v) is 5.38. The van der Waals surface area contributed by atoms with Crippen molar-refractivity contribution in [2.24, 2.45) is 10.8 Å².